The molecule has 0 radical (unpaired) electrons. The Morgan fingerprint density at radius 3 is 2.93 bits per heavy atom. The topological polar surface area (TPSA) is 67.4 Å². The first-order valence-corrected chi connectivity index (χ1v) is 10.5. The first kappa shape index (κ1) is 17.8. The van der Waals surface area contributed by atoms with E-state index in [0.29, 0.717) is 30.3 Å². The Labute approximate surface area is 171 Å². The van der Waals surface area contributed by atoms with Crippen LogP contribution in [0.5, 0.6) is 5.75 Å². The maximum absolute atomic E-state index is 12.9. The van der Waals surface area contributed by atoms with E-state index in [9.17, 15) is 4.79 Å². The molecule has 6 nitrogen and oxygen atoms in total. The standard InChI is InChI=1S/C20H19ClN4O2S/c1-11-6-15-19(28-11)17(24-10-23-15)14-9-13(21)7-12-8-16(27-18(12)14)20(26)25-4-2-22-3-5-25/h6-7,9-10,16,22H,2-5,8H2,1H3/t16-/m1/s1. The van der Waals surface area contributed by atoms with Crippen LogP contribution < -0.4 is 10.1 Å². The number of carbonyl (C=O) groups excluding carboxylic acids is 1. The van der Waals surface area contributed by atoms with Crippen LogP contribution >= 0.6 is 22.9 Å². The van der Waals surface area contributed by atoms with Gasteiger partial charge in [-0.15, -0.1) is 11.3 Å². The summed E-state index contributed by atoms with van der Waals surface area (Å²) in [7, 11) is 0. The Hall–Kier alpha value is -2.22. The number of thiophene rings is 1. The lowest BCUT2D eigenvalue weighted by atomic mass is 10.0. The molecule has 1 aromatic carbocycles. The van der Waals surface area contributed by atoms with Crippen LogP contribution in [0.4, 0.5) is 0 Å². The molecule has 144 valence electrons. The van der Waals surface area contributed by atoms with Gasteiger partial charge in [0.05, 0.1) is 15.9 Å². The molecule has 1 amide bonds. The van der Waals surface area contributed by atoms with Gasteiger partial charge >= 0.3 is 0 Å². The predicted molar refractivity (Wildman–Crippen MR) is 110 cm³/mol. The van der Waals surface area contributed by atoms with Crippen molar-refractivity contribution < 1.29 is 9.53 Å². The number of hydrogen-bond acceptors (Lipinski definition) is 6. The number of rotatable bonds is 2. The monoisotopic (exact) mass is 414 g/mol. The summed E-state index contributed by atoms with van der Waals surface area (Å²) in [4.78, 5) is 24.9. The molecule has 0 unspecified atom stereocenters. The van der Waals surface area contributed by atoms with Crippen molar-refractivity contribution in [1.29, 1.82) is 0 Å². The summed E-state index contributed by atoms with van der Waals surface area (Å²) >= 11 is 8.06. The van der Waals surface area contributed by atoms with E-state index in [4.69, 9.17) is 16.3 Å². The molecule has 0 aliphatic carbocycles. The molecule has 28 heavy (non-hydrogen) atoms. The largest absolute Gasteiger partial charge is 0.479 e. The molecule has 2 aliphatic rings. The second-order valence-corrected chi connectivity index (χ2v) is 8.81. The molecule has 1 atom stereocenters. The van der Waals surface area contributed by atoms with Gasteiger partial charge in [-0.3, -0.25) is 4.79 Å². The lowest BCUT2D eigenvalue weighted by molar-refractivity contribution is -0.138. The average molecular weight is 415 g/mol. The van der Waals surface area contributed by atoms with Crippen molar-refractivity contribution in [3.63, 3.8) is 0 Å². The van der Waals surface area contributed by atoms with Crippen molar-refractivity contribution in [1.82, 2.24) is 20.2 Å². The van der Waals surface area contributed by atoms with Crippen LogP contribution in [-0.4, -0.2) is 53.1 Å². The molecule has 0 spiro atoms. The number of hydrogen-bond donors (Lipinski definition) is 1. The zero-order valence-corrected chi connectivity index (χ0v) is 16.9. The number of piperazine rings is 1. The highest BCUT2D eigenvalue weighted by Gasteiger charge is 2.35. The molecule has 5 rings (SSSR count). The predicted octanol–water partition coefficient (Wildman–Crippen LogP) is 3.06. The van der Waals surface area contributed by atoms with E-state index in [1.165, 1.54) is 4.88 Å². The van der Waals surface area contributed by atoms with Crippen LogP contribution in [0.1, 0.15) is 10.4 Å². The Morgan fingerprint density at radius 2 is 2.11 bits per heavy atom. The third-order valence-corrected chi connectivity index (χ3v) is 6.45. The fourth-order valence-electron chi connectivity index (χ4n) is 3.89. The number of carbonyl (C=O) groups is 1. The minimum atomic E-state index is -0.507. The molecule has 1 fully saturated rings. The number of halogens is 1. The van der Waals surface area contributed by atoms with Gasteiger partial charge in [-0.1, -0.05) is 11.6 Å². The molecule has 8 heteroatoms. The summed E-state index contributed by atoms with van der Waals surface area (Å²) in [6, 6.07) is 5.81. The highest BCUT2D eigenvalue weighted by Crippen LogP contribution is 2.43. The maximum Gasteiger partial charge on any atom is 0.264 e. The van der Waals surface area contributed by atoms with Gasteiger partial charge in [0.1, 0.15) is 12.1 Å². The van der Waals surface area contributed by atoms with E-state index in [1.54, 1.807) is 17.7 Å². The van der Waals surface area contributed by atoms with E-state index >= 15 is 0 Å². The summed E-state index contributed by atoms with van der Waals surface area (Å²) in [5, 5.41) is 3.89. The molecule has 2 aliphatic heterocycles. The Kier molecular flexibility index (Phi) is 4.45. The fourth-order valence-corrected chi connectivity index (χ4v) is 5.10. The second kappa shape index (κ2) is 6.99. The summed E-state index contributed by atoms with van der Waals surface area (Å²) in [5.74, 6) is 0.753. The van der Waals surface area contributed by atoms with Crippen molar-refractivity contribution >= 4 is 39.1 Å². The average Bonchev–Trinajstić information content (AvgIpc) is 3.29. The van der Waals surface area contributed by atoms with E-state index in [2.05, 4.69) is 22.2 Å². The Morgan fingerprint density at radius 1 is 1.29 bits per heavy atom. The molecule has 1 saturated heterocycles. The fraction of sp³-hybridized carbons (Fsp3) is 0.350. The number of aryl methyl sites for hydroxylation is 1. The summed E-state index contributed by atoms with van der Waals surface area (Å²) in [6.45, 7) is 5.11. The van der Waals surface area contributed by atoms with Crippen molar-refractivity contribution in [2.24, 2.45) is 0 Å². The number of nitrogens with one attached hydrogen (secondary N) is 1. The van der Waals surface area contributed by atoms with Gasteiger partial charge in [0.15, 0.2) is 6.10 Å². The van der Waals surface area contributed by atoms with Gasteiger partial charge in [0, 0.05) is 53.6 Å². The molecular weight excluding hydrogens is 396 g/mol. The van der Waals surface area contributed by atoms with Gasteiger partial charge in [0.25, 0.3) is 5.91 Å². The number of aromatic nitrogens is 2. The second-order valence-electron chi connectivity index (χ2n) is 7.12. The molecule has 0 saturated carbocycles. The van der Waals surface area contributed by atoms with Crippen LogP contribution in [-0.2, 0) is 11.2 Å². The number of benzene rings is 1. The van der Waals surface area contributed by atoms with Gasteiger partial charge in [-0.25, -0.2) is 9.97 Å². The van der Waals surface area contributed by atoms with Crippen molar-refractivity contribution in [3.05, 3.63) is 40.0 Å². The lowest BCUT2D eigenvalue weighted by Gasteiger charge is -2.29. The Bertz CT molecular complexity index is 1080. The maximum atomic E-state index is 12.9. The molecule has 4 heterocycles. The lowest BCUT2D eigenvalue weighted by Crippen LogP contribution is -2.50. The highest BCUT2D eigenvalue weighted by molar-refractivity contribution is 7.19. The Balaban J connectivity index is 1.54. The minimum absolute atomic E-state index is 0.0413. The van der Waals surface area contributed by atoms with Gasteiger partial charge in [0.2, 0.25) is 0 Å². The van der Waals surface area contributed by atoms with Crippen molar-refractivity contribution in [2.75, 3.05) is 26.2 Å². The first-order chi connectivity index (χ1) is 13.6. The normalized spacial score (nSPS) is 18.9. The molecule has 1 N–H and O–H groups in total. The van der Waals surface area contributed by atoms with Crippen LogP contribution in [0.25, 0.3) is 21.5 Å². The van der Waals surface area contributed by atoms with Crippen LogP contribution in [0, 0.1) is 6.92 Å². The van der Waals surface area contributed by atoms with Gasteiger partial charge in [-0.2, -0.15) is 0 Å². The third-order valence-electron chi connectivity index (χ3n) is 5.19. The van der Waals surface area contributed by atoms with Crippen molar-refractivity contribution in [2.45, 2.75) is 19.4 Å². The summed E-state index contributed by atoms with van der Waals surface area (Å²) in [5.41, 5.74) is 3.49. The smallest absolute Gasteiger partial charge is 0.264 e. The number of amides is 1. The third kappa shape index (κ3) is 3.03. The van der Waals surface area contributed by atoms with Crippen LogP contribution in [0.3, 0.4) is 0 Å². The molecule has 3 aromatic rings. The first-order valence-electron chi connectivity index (χ1n) is 9.30. The highest BCUT2D eigenvalue weighted by atomic mass is 35.5. The molecular formula is C20H19ClN4O2S. The van der Waals surface area contributed by atoms with Crippen LogP contribution in [0.2, 0.25) is 5.02 Å². The molecule has 0 bridgehead atoms. The van der Waals surface area contributed by atoms with E-state index < -0.39 is 6.10 Å². The minimum Gasteiger partial charge on any atom is -0.479 e. The zero-order valence-electron chi connectivity index (χ0n) is 15.4. The summed E-state index contributed by atoms with van der Waals surface area (Å²) < 4.78 is 7.20. The van der Waals surface area contributed by atoms with Gasteiger partial charge in [-0.05, 0) is 25.1 Å². The number of fused-ring (bicyclic) bond motifs is 2. The van der Waals surface area contributed by atoms with Gasteiger partial charge < -0.3 is 15.0 Å². The summed E-state index contributed by atoms with van der Waals surface area (Å²) in [6.07, 6.45) is 1.59. The quantitative estimate of drug-likeness (QED) is 0.698. The number of ether oxygens (including phenoxy) is 1. The van der Waals surface area contributed by atoms with E-state index in [-0.39, 0.29) is 5.91 Å². The van der Waals surface area contributed by atoms with E-state index in [1.807, 2.05) is 23.1 Å². The van der Waals surface area contributed by atoms with E-state index in [0.717, 1.165) is 40.1 Å². The SMILES string of the molecule is Cc1cc2ncnc(-c3cc(Cl)cc4c3O[C@@H](C(=O)N3CCNCC3)C4)c2s1. The zero-order chi connectivity index (χ0) is 19.3. The molecule has 2 aromatic heterocycles. The van der Waals surface area contributed by atoms with Crippen molar-refractivity contribution in [3.8, 4) is 17.0 Å². The number of nitrogens with zero attached hydrogens (tertiary/aromatic N) is 3. The van der Waals surface area contributed by atoms with Crippen LogP contribution in [0.15, 0.2) is 24.5 Å².